The zero-order valence-electron chi connectivity index (χ0n) is 11.5. The third kappa shape index (κ3) is 4.95. The van der Waals surface area contributed by atoms with Crippen LogP contribution in [-0.2, 0) is 4.79 Å². The highest BCUT2D eigenvalue weighted by Gasteiger charge is 2.11. The van der Waals surface area contributed by atoms with Crippen LogP contribution in [0.3, 0.4) is 0 Å². The lowest BCUT2D eigenvalue weighted by Gasteiger charge is -2.15. The van der Waals surface area contributed by atoms with E-state index in [9.17, 15) is 4.79 Å². The van der Waals surface area contributed by atoms with Crippen molar-refractivity contribution in [2.75, 3.05) is 5.75 Å². The van der Waals surface area contributed by atoms with Crippen LogP contribution in [0.5, 0.6) is 0 Å². The van der Waals surface area contributed by atoms with Crippen molar-refractivity contribution in [1.29, 1.82) is 0 Å². The monoisotopic (exact) mass is 339 g/mol. The maximum Gasteiger partial charge on any atom is 0.230 e. The zero-order valence-corrected chi connectivity index (χ0v) is 13.8. The second kappa shape index (κ2) is 7.74. The molecule has 110 valence electrons. The van der Waals surface area contributed by atoms with Crippen molar-refractivity contribution in [3.8, 4) is 0 Å². The topological polar surface area (TPSA) is 29.1 Å². The van der Waals surface area contributed by atoms with Crippen LogP contribution in [0.25, 0.3) is 0 Å². The molecule has 2 rings (SSSR count). The molecule has 0 aromatic heterocycles. The van der Waals surface area contributed by atoms with Gasteiger partial charge in [0.25, 0.3) is 0 Å². The van der Waals surface area contributed by atoms with Crippen molar-refractivity contribution in [3.63, 3.8) is 0 Å². The van der Waals surface area contributed by atoms with Crippen molar-refractivity contribution < 1.29 is 4.79 Å². The largest absolute Gasteiger partial charge is 0.349 e. The minimum absolute atomic E-state index is 0.0116. The van der Waals surface area contributed by atoms with Crippen LogP contribution >= 0.6 is 35.0 Å². The van der Waals surface area contributed by atoms with Gasteiger partial charge in [-0.15, -0.1) is 11.8 Å². The summed E-state index contributed by atoms with van der Waals surface area (Å²) in [4.78, 5) is 13.0. The average molecular weight is 340 g/mol. The summed E-state index contributed by atoms with van der Waals surface area (Å²) in [6.07, 6.45) is 0. The van der Waals surface area contributed by atoms with E-state index in [0.29, 0.717) is 15.8 Å². The number of thioether (sulfide) groups is 1. The van der Waals surface area contributed by atoms with Crippen molar-refractivity contribution in [3.05, 3.63) is 64.1 Å². The number of nitrogens with one attached hydrogen (secondary N) is 1. The molecule has 0 unspecified atom stereocenters. The lowest BCUT2D eigenvalue weighted by atomic mass is 10.1. The summed E-state index contributed by atoms with van der Waals surface area (Å²) in [7, 11) is 0. The Labute approximate surface area is 138 Å². The maximum absolute atomic E-state index is 12.0. The first-order valence-electron chi connectivity index (χ1n) is 6.48. The molecule has 0 radical (unpaired) electrons. The first-order valence-corrected chi connectivity index (χ1v) is 8.22. The van der Waals surface area contributed by atoms with Gasteiger partial charge in [-0.2, -0.15) is 0 Å². The molecule has 0 spiro atoms. The van der Waals surface area contributed by atoms with Gasteiger partial charge in [-0.3, -0.25) is 4.79 Å². The van der Waals surface area contributed by atoms with E-state index in [-0.39, 0.29) is 11.9 Å². The Kier molecular flexibility index (Phi) is 5.97. The number of hydrogen-bond donors (Lipinski definition) is 1. The van der Waals surface area contributed by atoms with E-state index < -0.39 is 0 Å². The minimum Gasteiger partial charge on any atom is -0.349 e. The van der Waals surface area contributed by atoms with Gasteiger partial charge in [0.1, 0.15) is 0 Å². The van der Waals surface area contributed by atoms with Crippen LogP contribution < -0.4 is 5.32 Å². The van der Waals surface area contributed by atoms with Gasteiger partial charge in [0, 0.05) is 4.90 Å². The van der Waals surface area contributed by atoms with E-state index >= 15 is 0 Å². The van der Waals surface area contributed by atoms with Gasteiger partial charge in [-0.25, -0.2) is 0 Å². The molecule has 2 aromatic rings. The number of halogens is 2. The fraction of sp³-hybridized carbons (Fsp3) is 0.188. The second-order valence-electron chi connectivity index (χ2n) is 4.56. The smallest absolute Gasteiger partial charge is 0.230 e. The zero-order chi connectivity index (χ0) is 15.2. The Hall–Kier alpha value is -1.16. The third-order valence-electron chi connectivity index (χ3n) is 2.93. The standard InChI is InChI=1S/C16H15Cl2NOS/c1-11(12-7-8-14(17)15(18)9-12)19-16(20)10-21-13-5-3-2-4-6-13/h2-9,11H,10H2,1H3,(H,19,20)/t11-/m1/s1. The predicted octanol–water partition coefficient (Wildman–Crippen LogP) is 4.96. The van der Waals surface area contributed by atoms with Crippen molar-refractivity contribution in [2.45, 2.75) is 17.9 Å². The molecule has 21 heavy (non-hydrogen) atoms. The highest BCUT2D eigenvalue weighted by atomic mass is 35.5. The van der Waals surface area contributed by atoms with E-state index in [2.05, 4.69) is 5.32 Å². The average Bonchev–Trinajstić information content (AvgIpc) is 2.49. The van der Waals surface area contributed by atoms with Crippen LogP contribution in [0, 0.1) is 0 Å². The molecular formula is C16H15Cl2NOS. The van der Waals surface area contributed by atoms with Crippen LogP contribution in [0.15, 0.2) is 53.4 Å². The fourth-order valence-corrected chi connectivity index (χ4v) is 2.85. The molecule has 1 N–H and O–H groups in total. The van der Waals surface area contributed by atoms with Crippen molar-refractivity contribution >= 4 is 40.9 Å². The number of rotatable bonds is 5. The van der Waals surface area contributed by atoms with Crippen LogP contribution in [0.4, 0.5) is 0 Å². The van der Waals surface area contributed by atoms with Gasteiger partial charge in [0.15, 0.2) is 0 Å². The van der Waals surface area contributed by atoms with E-state index in [1.54, 1.807) is 12.1 Å². The number of amides is 1. The van der Waals surface area contributed by atoms with Gasteiger partial charge in [0.05, 0.1) is 21.8 Å². The third-order valence-corrected chi connectivity index (χ3v) is 4.69. The van der Waals surface area contributed by atoms with E-state index in [0.717, 1.165) is 10.5 Å². The highest BCUT2D eigenvalue weighted by molar-refractivity contribution is 8.00. The highest BCUT2D eigenvalue weighted by Crippen LogP contribution is 2.25. The number of hydrogen-bond acceptors (Lipinski definition) is 2. The van der Waals surface area contributed by atoms with Gasteiger partial charge in [-0.1, -0.05) is 47.5 Å². The molecular weight excluding hydrogens is 325 g/mol. The summed E-state index contributed by atoms with van der Waals surface area (Å²) in [6, 6.07) is 15.1. The van der Waals surface area contributed by atoms with Crippen LogP contribution in [-0.4, -0.2) is 11.7 Å². The molecule has 0 saturated carbocycles. The Morgan fingerprint density at radius 1 is 1.14 bits per heavy atom. The molecule has 0 aliphatic rings. The quantitative estimate of drug-likeness (QED) is 0.779. The number of carbonyl (C=O) groups excluding carboxylic acids is 1. The lowest BCUT2D eigenvalue weighted by Crippen LogP contribution is -2.28. The molecule has 5 heteroatoms. The van der Waals surface area contributed by atoms with E-state index in [1.807, 2.05) is 43.3 Å². The first-order chi connectivity index (χ1) is 10.1. The minimum atomic E-state index is -0.108. The van der Waals surface area contributed by atoms with Gasteiger partial charge in [0.2, 0.25) is 5.91 Å². The summed E-state index contributed by atoms with van der Waals surface area (Å²) < 4.78 is 0. The summed E-state index contributed by atoms with van der Waals surface area (Å²) in [6.45, 7) is 1.92. The van der Waals surface area contributed by atoms with Gasteiger partial charge < -0.3 is 5.32 Å². The van der Waals surface area contributed by atoms with Gasteiger partial charge in [-0.05, 0) is 36.8 Å². The van der Waals surface area contributed by atoms with Crippen molar-refractivity contribution in [2.24, 2.45) is 0 Å². The number of carbonyl (C=O) groups is 1. The molecule has 0 aliphatic carbocycles. The molecule has 0 bridgehead atoms. The molecule has 2 aromatic carbocycles. The SMILES string of the molecule is C[C@@H](NC(=O)CSc1ccccc1)c1ccc(Cl)c(Cl)c1. The van der Waals surface area contributed by atoms with Crippen LogP contribution in [0.2, 0.25) is 10.0 Å². The Morgan fingerprint density at radius 3 is 2.52 bits per heavy atom. The van der Waals surface area contributed by atoms with E-state index in [1.165, 1.54) is 11.8 Å². The van der Waals surface area contributed by atoms with Crippen molar-refractivity contribution in [1.82, 2.24) is 5.32 Å². The summed E-state index contributed by atoms with van der Waals surface area (Å²) in [5, 5.41) is 3.96. The molecule has 0 aliphatic heterocycles. The molecule has 2 nitrogen and oxygen atoms in total. The number of benzene rings is 2. The molecule has 0 fully saturated rings. The molecule has 0 heterocycles. The molecule has 1 atom stereocenters. The molecule has 0 saturated heterocycles. The summed E-state index contributed by atoms with van der Waals surface area (Å²) in [5.41, 5.74) is 0.933. The Morgan fingerprint density at radius 2 is 1.86 bits per heavy atom. The normalized spacial score (nSPS) is 12.0. The maximum atomic E-state index is 12.0. The van der Waals surface area contributed by atoms with Gasteiger partial charge >= 0.3 is 0 Å². The lowest BCUT2D eigenvalue weighted by molar-refractivity contribution is -0.119. The summed E-state index contributed by atoms with van der Waals surface area (Å²) >= 11 is 13.4. The fourth-order valence-electron chi connectivity index (χ4n) is 1.81. The molecule has 1 amide bonds. The van der Waals surface area contributed by atoms with Crippen LogP contribution in [0.1, 0.15) is 18.5 Å². The summed E-state index contributed by atoms with van der Waals surface area (Å²) in [5.74, 6) is 0.373. The Balaban J connectivity index is 1.88. The Bertz CT molecular complexity index is 619. The van der Waals surface area contributed by atoms with E-state index in [4.69, 9.17) is 23.2 Å². The second-order valence-corrected chi connectivity index (χ2v) is 6.43. The predicted molar refractivity (Wildman–Crippen MR) is 90.2 cm³/mol. The first kappa shape index (κ1) is 16.2.